The summed E-state index contributed by atoms with van der Waals surface area (Å²) < 4.78 is 2.12. The van der Waals surface area contributed by atoms with Crippen LogP contribution in [-0.2, 0) is 4.79 Å². The fourth-order valence-electron chi connectivity index (χ4n) is 2.60. The Kier molecular flexibility index (Phi) is 5.45. The van der Waals surface area contributed by atoms with E-state index in [1.807, 2.05) is 42.6 Å². The lowest BCUT2D eigenvalue weighted by Crippen LogP contribution is -2.25. The van der Waals surface area contributed by atoms with Crippen LogP contribution in [0.4, 0.5) is 11.4 Å². The van der Waals surface area contributed by atoms with Crippen molar-refractivity contribution in [3.63, 3.8) is 0 Å². The summed E-state index contributed by atoms with van der Waals surface area (Å²) in [6.45, 7) is 1.79. The minimum absolute atomic E-state index is 0.203. The Morgan fingerprint density at radius 2 is 2.19 bits per heavy atom. The molecule has 0 aliphatic carbocycles. The van der Waals surface area contributed by atoms with Crippen molar-refractivity contribution in [2.24, 2.45) is 0 Å². The summed E-state index contributed by atoms with van der Waals surface area (Å²) in [5.41, 5.74) is 1.51. The van der Waals surface area contributed by atoms with Gasteiger partial charge < -0.3 is 10.2 Å². The zero-order valence-corrected chi connectivity index (χ0v) is 16.9. The average molecular weight is 408 g/mol. The maximum Gasteiger partial charge on any atom is 0.247 e. The molecule has 0 fully saturated rings. The van der Waals surface area contributed by atoms with Gasteiger partial charge in [-0.15, -0.1) is 11.3 Å². The summed E-state index contributed by atoms with van der Waals surface area (Å²) >= 11 is 13.0. The molecule has 0 spiro atoms. The molecule has 0 aliphatic heterocycles. The van der Waals surface area contributed by atoms with Crippen molar-refractivity contribution in [3.8, 4) is 10.7 Å². The Morgan fingerprint density at radius 3 is 2.85 bits per heavy atom. The summed E-state index contributed by atoms with van der Waals surface area (Å²) in [4.78, 5) is 15.7. The van der Waals surface area contributed by atoms with E-state index in [-0.39, 0.29) is 5.91 Å². The summed E-state index contributed by atoms with van der Waals surface area (Å²) in [6.07, 6.45) is 0. The Morgan fingerprint density at radius 1 is 1.42 bits per heavy atom. The SMILES string of the molecule is CC(C(=O)Nc1cc(Cl)ccc1N(C)C)n1c(-c2cccs2)n[nH]c1=S. The molecule has 1 unspecified atom stereocenters. The second kappa shape index (κ2) is 7.61. The Bertz CT molecular complexity index is 977. The van der Waals surface area contributed by atoms with E-state index in [1.165, 1.54) is 11.3 Å². The molecular weight excluding hydrogens is 390 g/mol. The first-order chi connectivity index (χ1) is 12.4. The second-order valence-electron chi connectivity index (χ2n) is 5.92. The van der Waals surface area contributed by atoms with Gasteiger partial charge in [0.2, 0.25) is 5.91 Å². The van der Waals surface area contributed by atoms with Crippen LogP contribution in [-0.4, -0.2) is 34.8 Å². The van der Waals surface area contributed by atoms with Crippen LogP contribution in [0.3, 0.4) is 0 Å². The van der Waals surface area contributed by atoms with E-state index in [1.54, 1.807) is 23.6 Å². The first-order valence-corrected chi connectivity index (χ1v) is 9.53. The molecule has 1 amide bonds. The largest absolute Gasteiger partial charge is 0.376 e. The molecule has 26 heavy (non-hydrogen) atoms. The highest BCUT2D eigenvalue weighted by Gasteiger charge is 2.22. The highest BCUT2D eigenvalue weighted by Crippen LogP contribution is 2.30. The number of benzene rings is 1. The summed E-state index contributed by atoms with van der Waals surface area (Å²) in [7, 11) is 3.81. The Labute approximate surface area is 165 Å². The van der Waals surface area contributed by atoms with Crippen LogP contribution in [0.1, 0.15) is 13.0 Å². The fraction of sp³-hybridized carbons (Fsp3) is 0.235. The van der Waals surface area contributed by atoms with Gasteiger partial charge in [-0.05, 0) is 48.8 Å². The number of nitrogens with one attached hydrogen (secondary N) is 2. The predicted molar refractivity (Wildman–Crippen MR) is 110 cm³/mol. The number of nitrogens with zero attached hydrogens (tertiary/aromatic N) is 3. The number of carbonyl (C=O) groups is 1. The molecule has 1 aromatic carbocycles. The molecule has 0 radical (unpaired) electrons. The first kappa shape index (κ1) is 18.6. The number of aromatic nitrogens is 3. The third-order valence-corrected chi connectivity index (χ3v) is 5.30. The van der Waals surface area contributed by atoms with E-state index >= 15 is 0 Å². The average Bonchev–Trinajstić information content (AvgIpc) is 3.23. The van der Waals surface area contributed by atoms with E-state index in [0.29, 0.717) is 21.3 Å². The van der Waals surface area contributed by atoms with Gasteiger partial charge in [-0.25, -0.2) is 0 Å². The van der Waals surface area contributed by atoms with Crippen molar-refractivity contribution >= 4 is 52.4 Å². The fourth-order valence-corrected chi connectivity index (χ4v) is 3.77. The van der Waals surface area contributed by atoms with Crippen molar-refractivity contribution in [2.75, 3.05) is 24.3 Å². The van der Waals surface area contributed by atoms with Gasteiger partial charge in [-0.1, -0.05) is 17.7 Å². The molecule has 0 saturated heterocycles. The lowest BCUT2D eigenvalue weighted by molar-refractivity contribution is -0.118. The number of thiophene rings is 1. The number of anilines is 2. The molecule has 2 aromatic heterocycles. The van der Waals surface area contributed by atoms with Crippen LogP contribution in [0.5, 0.6) is 0 Å². The summed E-state index contributed by atoms with van der Waals surface area (Å²) in [6, 6.07) is 8.71. The number of halogens is 1. The first-order valence-electron chi connectivity index (χ1n) is 7.87. The number of amides is 1. The number of hydrogen-bond acceptors (Lipinski definition) is 5. The van der Waals surface area contributed by atoms with Crippen molar-refractivity contribution in [1.29, 1.82) is 0 Å². The molecule has 2 N–H and O–H groups in total. The van der Waals surface area contributed by atoms with E-state index < -0.39 is 6.04 Å². The van der Waals surface area contributed by atoms with E-state index in [2.05, 4.69) is 15.5 Å². The van der Waals surface area contributed by atoms with Crippen LogP contribution in [0.15, 0.2) is 35.7 Å². The van der Waals surface area contributed by atoms with Gasteiger partial charge in [-0.2, -0.15) is 5.10 Å². The van der Waals surface area contributed by atoms with Gasteiger partial charge in [0.15, 0.2) is 10.6 Å². The van der Waals surface area contributed by atoms with Gasteiger partial charge in [0.1, 0.15) is 6.04 Å². The summed E-state index contributed by atoms with van der Waals surface area (Å²) in [5, 5.41) is 12.5. The highest BCUT2D eigenvalue weighted by molar-refractivity contribution is 7.71. The second-order valence-corrected chi connectivity index (χ2v) is 7.69. The van der Waals surface area contributed by atoms with Crippen LogP contribution < -0.4 is 10.2 Å². The predicted octanol–water partition coefficient (Wildman–Crippen LogP) is 4.59. The molecule has 1 atom stereocenters. The van der Waals surface area contributed by atoms with Crippen molar-refractivity contribution in [2.45, 2.75) is 13.0 Å². The number of rotatable bonds is 5. The highest BCUT2D eigenvalue weighted by atomic mass is 35.5. The van der Waals surface area contributed by atoms with Crippen LogP contribution >= 0.6 is 35.2 Å². The lowest BCUT2D eigenvalue weighted by atomic mass is 10.2. The molecule has 6 nitrogen and oxygen atoms in total. The van der Waals surface area contributed by atoms with E-state index in [4.69, 9.17) is 23.8 Å². The maximum atomic E-state index is 12.9. The topological polar surface area (TPSA) is 66.0 Å². The van der Waals surface area contributed by atoms with Gasteiger partial charge in [-0.3, -0.25) is 14.5 Å². The minimum atomic E-state index is -0.549. The Balaban J connectivity index is 1.92. The maximum absolute atomic E-state index is 12.9. The molecule has 3 rings (SSSR count). The zero-order chi connectivity index (χ0) is 18.8. The molecular formula is C17H18ClN5OS2. The minimum Gasteiger partial charge on any atom is -0.376 e. The molecule has 3 aromatic rings. The molecule has 2 heterocycles. The third kappa shape index (κ3) is 3.67. The zero-order valence-electron chi connectivity index (χ0n) is 14.5. The number of H-pyrrole nitrogens is 1. The quantitative estimate of drug-likeness (QED) is 0.607. The van der Waals surface area contributed by atoms with Crippen molar-refractivity contribution in [1.82, 2.24) is 14.8 Å². The van der Waals surface area contributed by atoms with Gasteiger partial charge >= 0.3 is 0 Å². The lowest BCUT2D eigenvalue weighted by Gasteiger charge is -2.20. The van der Waals surface area contributed by atoms with E-state index in [0.717, 1.165) is 10.6 Å². The van der Waals surface area contributed by atoms with Crippen LogP contribution in [0.25, 0.3) is 10.7 Å². The molecule has 0 saturated carbocycles. The molecule has 9 heteroatoms. The monoisotopic (exact) mass is 407 g/mol. The standard InChI is InChI=1S/C17H18ClN5OS2/c1-10(23-15(20-21-17(23)25)14-5-4-8-26-14)16(24)19-12-9-11(18)6-7-13(12)22(2)3/h4-10H,1-3H3,(H,19,24)(H,21,25). The van der Waals surface area contributed by atoms with Gasteiger partial charge in [0.25, 0.3) is 0 Å². The smallest absolute Gasteiger partial charge is 0.247 e. The number of carbonyl (C=O) groups excluding carboxylic acids is 1. The van der Waals surface area contributed by atoms with Crippen LogP contribution in [0, 0.1) is 4.77 Å². The molecule has 0 bridgehead atoms. The molecule has 136 valence electrons. The van der Waals surface area contributed by atoms with Crippen LogP contribution in [0.2, 0.25) is 5.02 Å². The third-order valence-electron chi connectivity index (χ3n) is 3.91. The van der Waals surface area contributed by atoms with E-state index in [9.17, 15) is 4.79 Å². The number of hydrogen-bond donors (Lipinski definition) is 2. The van der Waals surface area contributed by atoms with Crippen molar-refractivity contribution < 1.29 is 4.79 Å². The van der Waals surface area contributed by atoms with Crippen molar-refractivity contribution in [3.05, 3.63) is 45.5 Å². The van der Waals surface area contributed by atoms with Gasteiger partial charge in [0, 0.05) is 19.1 Å². The summed E-state index contributed by atoms with van der Waals surface area (Å²) in [5.74, 6) is 0.442. The van der Waals surface area contributed by atoms with Gasteiger partial charge in [0.05, 0.1) is 16.3 Å². The number of aromatic amines is 1. The normalized spacial score (nSPS) is 12.0. The Hall–Kier alpha value is -2.16. The molecule has 0 aliphatic rings.